The summed E-state index contributed by atoms with van der Waals surface area (Å²) in [6.07, 6.45) is 1.52. The van der Waals surface area contributed by atoms with Crippen LogP contribution >= 0.6 is 0 Å². The average Bonchev–Trinajstić information content (AvgIpc) is 2.28. The first-order valence-electron chi connectivity index (χ1n) is 6.17. The molecule has 1 heterocycles. The molecule has 3 heteroatoms. The van der Waals surface area contributed by atoms with Crippen LogP contribution in [0.25, 0.3) is 0 Å². The van der Waals surface area contributed by atoms with Crippen LogP contribution in [-0.4, -0.2) is 12.2 Å². The summed E-state index contributed by atoms with van der Waals surface area (Å²) in [5, 5.41) is 2.87. The van der Waals surface area contributed by atoms with E-state index in [2.05, 4.69) is 19.2 Å². The monoisotopic (exact) mass is 233 g/mol. The molecule has 1 aliphatic heterocycles. The number of benzene rings is 1. The molecule has 92 valence electrons. The standard InChI is InChI=1S/C14H19NO2/c1-10(2)8-12-9-13(15-14(16)17-12)11-6-4-3-5-7-11/h3-7,10,12-13H,8-9H2,1-2H3,(H,15,16)/t12-,13-/m0/s1. The SMILES string of the molecule is CC(C)C[C@H]1C[C@@H](c2ccccc2)NC(=O)O1. The molecule has 0 saturated carbocycles. The molecule has 1 fully saturated rings. The van der Waals surface area contributed by atoms with Gasteiger partial charge in [-0.15, -0.1) is 0 Å². The first-order valence-corrected chi connectivity index (χ1v) is 6.17. The zero-order valence-electron chi connectivity index (χ0n) is 10.3. The fourth-order valence-electron chi connectivity index (χ4n) is 2.27. The van der Waals surface area contributed by atoms with Gasteiger partial charge in [-0.1, -0.05) is 44.2 Å². The summed E-state index contributed by atoms with van der Waals surface area (Å²) in [4.78, 5) is 11.5. The van der Waals surface area contributed by atoms with Crippen molar-refractivity contribution in [2.24, 2.45) is 5.92 Å². The lowest BCUT2D eigenvalue weighted by atomic mass is 9.95. The molecular weight excluding hydrogens is 214 g/mol. The minimum absolute atomic E-state index is 0.0361. The highest BCUT2D eigenvalue weighted by atomic mass is 16.6. The van der Waals surface area contributed by atoms with Gasteiger partial charge < -0.3 is 10.1 Å². The lowest BCUT2D eigenvalue weighted by molar-refractivity contribution is 0.0474. The number of rotatable bonds is 3. The highest BCUT2D eigenvalue weighted by Crippen LogP contribution is 2.26. The van der Waals surface area contributed by atoms with Crippen molar-refractivity contribution in [1.82, 2.24) is 5.32 Å². The number of hydrogen-bond acceptors (Lipinski definition) is 2. The molecule has 1 aliphatic rings. The largest absolute Gasteiger partial charge is 0.446 e. The fourth-order valence-corrected chi connectivity index (χ4v) is 2.27. The van der Waals surface area contributed by atoms with E-state index in [1.807, 2.05) is 30.3 Å². The molecule has 0 radical (unpaired) electrons. The fraction of sp³-hybridized carbons (Fsp3) is 0.500. The zero-order chi connectivity index (χ0) is 12.3. The van der Waals surface area contributed by atoms with Crippen molar-refractivity contribution in [2.45, 2.75) is 38.8 Å². The second kappa shape index (κ2) is 5.21. The summed E-state index contributed by atoms with van der Waals surface area (Å²) in [5.74, 6) is 0.544. The average molecular weight is 233 g/mol. The molecule has 3 nitrogen and oxygen atoms in total. The number of hydrogen-bond donors (Lipinski definition) is 1. The minimum Gasteiger partial charge on any atom is -0.446 e. The quantitative estimate of drug-likeness (QED) is 0.870. The molecule has 2 atom stereocenters. The lowest BCUT2D eigenvalue weighted by Crippen LogP contribution is -2.40. The van der Waals surface area contributed by atoms with Crippen LogP contribution in [0.1, 0.15) is 38.3 Å². The van der Waals surface area contributed by atoms with Crippen molar-refractivity contribution in [3.8, 4) is 0 Å². The molecule has 0 bridgehead atoms. The van der Waals surface area contributed by atoms with Crippen molar-refractivity contribution in [3.05, 3.63) is 35.9 Å². The predicted molar refractivity (Wildman–Crippen MR) is 66.7 cm³/mol. The van der Waals surface area contributed by atoms with Gasteiger partial charge in [0.1, 0.15) is 6.10 Å². The first kappa shape index (κ1) is 12.0. The highest BCUT2D eigenvalue weighted by molar-refractivity contribution is 5.69. The third kappa shape index (κ3) is 3.22. The van der Waals surface area contributed by atoms with Crippen LogP contribution in [0, 0.1) is 5.92 Å². The third-order valence-corrected chi connectivity index (χ3v) is 3.00. The van der Waals surface area contributed by atoms with Gasteiger partial charge in [-0.25, -0.2) is 4.79 Å². The maximum absolute atomic E-state index is 11.5. The summed E-state index contributed by atoms with van der Waals surface area (Å²) >= 11 is 0. The van der Waals surface area contributed by atoms with E-state index in [9.17, 15) is 4.79 Å². The van der Waals surface area contributed by atoms with E-state index in [4.69, 9.17) is 4.74 Å². The number of alkyl carbamates (subject to hydrolysis) is 1. The molecule has 0 aromatic heterocycles. The minimum atomic E-state index is -0.296. The van der Waals surface area contributed by atoms with Crippen LogP contribution in [0.5, 0.6) is 0 Å². The van der Waals surface area contributed by atoms with Crippen LogP contribution in [-0.2, 0) is 4.74 Å². The van der Waals surface area contributed by atoms with Crippen molar-refractivity contribution in [3.63, 3.8) is 0 Å². The van der Waals surface area contributed by atoms with Gasteiger partial charge >= 0.3 is 6.09 Å². The van der Waals surface area contributed by atoms with E-state index in [-0.39, 0.29) is 18.2 Å². The molecule has 1 saturated heterocycles. The summed E-state index contributed by atoms with van der Waals surface area (Å²) in [6, 6.07) is 10.1. The van der Waals surface area contributed by atoms with E-state index >= 15 is 0 Å². The van der Waals surface area contributed by atoms with Crippen LogP contribution < -0.4 is 5.32 Å². The molecule has 0 spiro atoms. The summed E-state index contributed by atoms with van der Waals surface area (Å²) in [6.45, 7) is 4.29. The molecule has 1 aromatic rings. The number of ether oxygens (including phenoxy) is 1. The highest BCUT2D eigenvalue weighted by Gasteiger charge is 2.28. The van der Waals surface area contributed by atoms with Crippen LogP contribution in [0.15, 0.2) is 30.3 Å². The van der Waals surface area contributed by atoms with Crippen LogP contribution in [0.4, 0.5) is 4.79 Å². The van der Waals surface area contributed by atoms with Gasteiger partial charge in [0.15, 0.2) is 0 Å². The Hall–Kier alpha value is -1.51. The maximum atomic E-state index is 11.5. The van der Waals surface area contributed by atoms with Crippen molar-refractivity contribution in [2.75, 3.05) is 0 Å². The van der Waals surface area contributed by atoms with Gasteiger partial charge in [0.05, 0.1) is 6.04 Å². The van der Waals surface area contributed by atoms with E-state index in [0.717, 1.165) is 18.4 Å². The van der Waals surface area contributed by atoms with E-state index in [1.165, 1.54) is 0 Å². The normalized spacial score (nSPS) is 24.3. The van der Waals surface area contributed by atoms with Crippen molar-refractivity contribution >= 4 is 6.09 Å². The van der Waals surface area contributed by atoms with Gasteiger partial charge in [-0.05, 0) is 17.9 Å². The maximum Gasteiger partial charge on any atom is 0.407 e. The molecule has 0 unspecified atom stereocenters. The number of carbonyl (C=O) groups is 1. The second-order valence-corrected chi connectivity index (χ2v) is 5.00. The second-order valence-electron chi connectivity index (χ2n) is 5.00. The first-order chi connectivity index (χ1) is 8.15. The number of carbonyl (C=O) groups excluding carboxylic acids is 1. The predicted octanol–water partition coefficient (Wildman–Crippen LogP) is 3.27. The van der Waals surface area contributed by atoms with Gasteiger partial charge in [-0.2, -0.15) is 0 Å². The number of cyclic esters (lactones) is 1. The Morgan fingerprint density at radius 1 is 1.35 bits per heavy atom. The van der Waals surface area contributed by atoms with E-state index in [0.29, 0.717) is 5.92 Å². The van der Waals surface area contributed by atoms with Crippen LogP contribution in [0.2, 0.25) is 0 Å². The molecule has 0 aliphatic carbocycles. The van der Waals surface area contributed by atoms with Crippen molar-refractivity contribution < 1.29 is 9.53 Å². The molecule has 17 heavy (non-hydrogen) atoms. The third-order valence-electron chi connectivity index (χ3n) is 3.00. The van der Waals surface area contributed by atoms with Gasteiger partial charge in [0.2, 0.25) is 0 Å². The van der Waals surface area contributed by atoms with Gasteiger partial charge in [0.25, 0.3) is 0 Å². The molecule has 1 amide bonds. The van der Waals surface area contributed by atoms with Gasteiger partial charge in [-0.3, -0.25) is 0 Å². The Bertz CT molecular complexity index is 375. The Balaban J connectivity index is 2.06. The van der Waals surface area contributed by atoms with Crippen LogP contribution in [0.3, 0.4) is 0 Å². The topological polar surface area (TPSA) is 38.3 Å². The Morgan fingerprint density at radius 3 is 2.71 bits per heavy atom. The smallest absolute Gasteiger partial charge is 0.407 e. The molecule has 1 N–H and O–H groups in total. The van der Waals surface area contributed by atoms with E-state index in [1.54, 1.807) is 0 Å². The number of amides is 1. The summed E-state index contributed by atoms with van der Waals surface area (Å²) < 4.78 is 5.30. The Kier molecular flexibility index (Phi) is 3.67. The summed E-state index contributed by atoms with van der Waals surface area (Å²) in [5.41, 5.74) is 1.15. The van der Waals surface area contributed by atoms with Gasteiger partial charge in [0, 0.05) is 6.42 Å². The summed E-state index contributed by atoms with van der Waals surface area (Å²) in [7, 11) is 0. The molecule has 1 aromatic carbocycles. The zero-order valence-corrected chi connectivity index (χ0v) is 10.3. The lowest BCUT2D eigenvalue weighted by Gasteiger charge is -2.31. The Labute approximate surface area is 102 Å². The van der Waals surface area contributed by atoms with E-state index < -0.39 is 0 Å². The Morgan fingerprint density at radius 2 is 2.06 bits per heavy atom. The molecular formula is C14H19NO2. The number of nitrogens with one attached hydrogen (secondary N) is 1. The molecule has 2 rings (SSSR count). The van der Waals surface area contributed by atoms with Crippen molar-refractivity contribution in [1.29, 1.82) is 0 Å².